The highest BCUT2D eigenvalue weighted by molar-refractivity contribution is 5.39. The highest BCUT2D eigenvalue weighted by Crippen LogP contribution is 2.27. The maximum Gasteiger partial charge on any atom is 0.161 e. The number of rotatable bonds is 9. The van der Waals surface area contributed by atoms with Gasteiger partial charge >= 0.3 is 0 Å². The molecule has 0 saturated carbocycles. The van der Waals surface area contributed by atoms with Gasteiger partial charge in [0.2, 0.25) is 0 Å². The normalized spacial score (nSPS) is 11.7. The van der Waals surface area contributed by atoms with E-state index in [0.717, 1.165) is 31.0 Å². The smallest absolute Gasteiger partial charge is 0.161 e. The molecule has 0 aliphatic rings. The molecule has 1 N–H and O–H groups in total. The second-order valence-corrected chi connectivity index (χ2v) is 6.44. The van der Waals surface area contributed by atoms with E-state index in [1.54, 1.807) is 7.11 Å². The Bertz CT molecular complexity index is 388. The Morgan fingerprint density at radius 2 is 1.80 bits per heavy atom. The van der Waals surface area contributed by atoms with Gasteiger partial charge in [0, 0.05) is 6.54 Å². The van der Waals surface area contributed by atoms with E-state index in [1.165, 1.54) is 0 Å². The third-order valence-corrected chi connectivity index (χ3v) is 3.26. The highest BCUT2D eigenvalue weighted by Gasteiger charge is 2.18. The van der Waals surface area contributed by atoms with Gasteiger partial charge < -0.3 is 14.8 Å². The van der Waals surface area contributed by atoms with Gasteiger partial charge in [-0.25, -0.2) is 0 Å². The average molecular weight is 279 g/mol. The molecule has 1 aromatic rings. The summed E-state index contributed by atoms with van der Waals surface area (Å²) in [5.41, 5.74) is 0.233. The van der Waals surface area contributed by atoms with Crippen LogP contribution in [-0.4, -0.2) is 26.8 Å². The molecule has 0 atom stereocenters. The van der Waals surface area contributed by atoms with Crippen molar-refractivity contribution in [2.24, 2.45) is 11.3 Å². The number of para-hydroxylation sites is 2. The number of hydrogen-bond acceptors (Lipinski definition) is 3. The first kappa shape index (κ1) is 16.8. The van der Waals surface area contributed by atoms with E-state index in [0.29, 0.717) is 12.5 Å². The van der Waals surface area contributed by atoms with Gasteiger partial charge in [-0.1, -0.05) is 39.8 Å². The lowest BCUT2D eigenvalue weighted by Gasteiger charge is -2.25. The molecule has 0 aromatic heterocycles. The van der Waals surface area contributed by atoms with Crippen molar-refractivity contribution in [2.75, 3.05) is 26.8 Å². The maximum absolute atomic E-state index is 5.84. The monoisotopic (exact) mass is 279 g/mol. The Labute approximate surface area is 123 Å². The molecule has 0 aliphatic carbocycles. The van der Waals surface area contributed by atoms with Crippen LogP contribution in [0, 0.1) is 11.3 Å². The zero-order chi connectivity index (χ0) is 15.0. The number of hydrogen-bond donors (Lipinski definition) is 1. The van der Waals surface area contributed by atoms with Gasteiger partial charge in [0.05, 0.1) is 13.7 Å². The zero-order valence-electron chi connectivity index (χ0n) is 13.5. The predicted molar refractivity (Wildman–Crippen MR) is 84.6 cm³/mol. The van der Waals surface area contributed by atoms with E-state index < -0.39 is 0 Å². The largest absolute Gasteiger partial charge is 0.493 e. The Balaban J connectivity index is 2.35. The molecule has 20 heavy (non-hydrogen) atoms. The number of ether oxygens (including phenoxy) is 2. The van der Waals surface area contributed by atoms with Crippen molar-refractivity contribution < 1.29 is 9.47 Å². The minimum absolute atomic E-state index is 0.233. The summed E-state index contributed by atoms with van der Waals surface area (Å²) in [4.78, 5) is 0. The van der Waals surface area contributed by atoms with Crippen molar-refractivity contribution in [2.45, 2.75) is 34.1 Å². The van der Waals surface area contributed by atoms with Crippen LogP contribution in [-0.2, 0) is 0 Å². The number of methoxy groups -OCH3 is 1. The maximum atomic E-state index is 5.84. The van der Waals surface area contributed by atoms with Crippen molar-refractivity contribution >= 4 is 0 Å². The molecule has 1 aromatic carbocycles. The summed E-state index contributed by atoms with van der Waals surface area (Å²) in [6, 6.07) is 7.78. The minimum atomic E-state index is 0.233. The van der Waals surface area contributed by atoms with Crippen LogP contribution >= 0.6 is 0 Å². The Morgan fingerprint density at radius 1 is 1.15 bits per heavy atom. The Morgan fingerprint density at radius 3 is 2.40 bits per heavy atom. The first-order valence-corrected chi connectivity index (χ1v) is 7.41. The van der Waals surface area contributed by atoms with Crippen molar-refractivity contribution in [3.63, 3.8) is 0 Å². The summed E-state index contributed by atoms with van der Waals surface area (Å²) < 4.78 is 11.1. The van der Waals surface area contributed by atoms with Crippen LogP contribution in [0.15, 0.2) is 24.3 Å². The third kappa shape index (κ3) is 6.29. The summed E-state index contributed by atoms with van der Waals surface area (Å²) in [5.74, 6) is 2.31. The molecular formula is C17H29NO2. The fourth-order valence-electron chi connectivity index (χ4n) is 1.96. The fourth-order valence-corrected chi connectivity index (χ4v) is 1.96. The van der Waals surface area contributed by atoms with Gasteiger partial charge in [0.1, 0.15) is 0 Å². The number of benzene rings is 1. The molecule has 3 heteroatoms. The molecule has 0 radical (unpaired) electrons. The second-order valence-electron chi connectivity index (χ2n) is 6.44. The number of nitrogens with one attached hydrogen (secondary N) is 1. The van der Waals surface area contributed by atoms with Gasteiger partial charge in [0.25, 0.3) is 0 Å². The molecule has 0 fully saturated rings. The molecule has 0 aliphatic heterocycles. The van der Waals surface area contributed by atoms with Crippen LogP contribution in [0.25, 0.3) is 0 Å². The second kappa shape index (κ2) is 8.15. The van der Waals surface area contributed by atoms with Gasteiger partial charge in [-0.05, 0) is 36.4 Å². The lowest BCUT2D eigenvalue weighted by molar-refractivity contribution is 0.215. The van der Waals surface area contributed by atoms with Crippen molar-refractivity contribution in [1.82, 2.24) is 5.32 Å². The molecule has 0 unspecified atom stereocenters. The summed E-state index contributed by atoms with van der Waals surface area (Å²) in [5, 5.41) is 3.52. The lowest BCUT2D eigenvalue weighted by Crippen LogP contribution is -2.32. The van der Waals surface area contributed by atoms with Crippen LogP contribution in [0.3, 0.4) is 0 Å². The molecule has 0 amide bonds. The van der Waals surface area contributed by atoms with E-state index in [4.69, 9.17) is 9.47 Å². The summed E-state index contributed by atoms with van der Waals surface area (Å²) in [6.45, 7) is 11.8. The van der Waals surface area contributed by atoms with E-state index in [1.807, 2.05) is 24.3 Å². The van der Waals surface area contributed by atoms with Crippen molar-refractivity contribution in [3.05, 3.63) is 24.3 Å². The van der Waals surface area contributed by atoms with E-state index in [9.17, 15) is 0 Å². The minimum Gasteiger partial charge on any atom is -0.493 e. The predicted octanol–water partition coefficient (Wildman–Crippen LogP) is 3.74. The molecule has 3 nitrogen and oxygen atoms in total. The molecule has 1 rings (SSSR count). The SMILES string of the molecule is COc1ccccc1OCCC(C)(C)CNCC(C)C. The van der Waals surface area contributed by atoms with Crippen LogP contribution in [0.1, 0.15) is 34.1 Å². The fraction of sp³-hybridized carbons (Fsp3) is 0.647. The quantitative estimate of drug-likeness (QED) is 0.747. The average Bonchev–Trinajstić information content (AvgIpc) is 2.38. The van der Waals surface area contributed by atoms with E-state index >= 15 is 0 Å². The van der Waals surface area contributed by atoms with E-state index in [2.05, 4.69) is 33.0 Å². The van der Waals surface area contributed by atoms with Crippen LogP contribution < -0.4 is 14.8 Å². The molecule has 0 saturated heterocycles. The molecule has 0 spiro atoms. The molecule has 0 heterocycles. The van der Waals surface area contributed by atoms with Crippen LogP contribution in [0.5, 0.6) is 11.5 Å². The molecule has 114 valence electrons. The van der Waals surface area contributed by atoms with Gasteiger partial charge in [-0.15, -0.1) is 0 Å². The van der Waals surface area contributed by atoms with Crippen molar-refractivity contribution in [3.8, 4) is 11.5 Å². The third-order valence-electron chi connectivity index (χ3n) is 3.26. The summed E-state index contributed by atoms with van der Waals surface area (Å²) in [6.07, 6.45) is 1.01. The Hall–Kier alpha value is -1.22. The topological polar surface area (TPSA) is 30.5 Å². The first-order valence-electron chi connectivity index (χ1n) is 7.41. The molecule has 0 bridgehead atoms. The van der Waals surface area contributed by atoms with Gasteiger partial charge in [0.15, 0.2) is 11.5 Å². The zero-order valence-corrected chi connectivity index (χ0v) is 13.5. The Kier molecular flexibility index (Phi) is 6.86. The lowest BCUT2D eigenvalue weighted by atomic mass is 9.89. The summed E-state index contributed by atoms with van der Waals surface area (Å²) >= 11 is 0. The molecular weight excluding hydrogens is 250 g/mol. The van der Waals surface area contributed by atoms with Crippen LogP contribution in [0.4, 0.5) is 0 Å². The van der Waals surface area contributed by atoms with Gasteiger partial charge in [-0.2, -0.15) is 0 Å². The standard InChI is InChI=1S/C17H29NO2/c1-14(2)12-18-13-17(3,4)10-11-20-16-9-7-6-8-15(16)19-5/h6-9,14,18H,10-13H2,1-5H3. The van der Waals surface area contributed by atoms with Crippen LogP contribution in [0.2, 0.25) is 0 Å². The van der Waals surface area contributed by atoms with Crippen molar-refractivity contribution in [1.29, 1.82) is 0 Å². The van der Waals surface area contributed by atoms with E-state index in [-0.39, 0.29) is 5.41 Å². The summed E-state index contributed by atoms with van der Waals surface area (Å²) in [7, 11) is 1.67. The highest BCUT2D eigenvalue weighted by atomic mass is 16.5. The first-order chi connectivity index (χ1) is 9.44. The van der Waals surface area contributed by atoms with Gasteiger partial charge in [-0.3, -0.25) is 0 Å².